The number of halogens is 1. The number of anilines is 1. The molecule has 0 unspecified atom stereocenters. The maximum absolute atomic E-state index is 9.73. The number of phenols is 2. The van der Waals surface area contributed by atoms with Crippen molar-refractivity contribution in [2.45, 2.75) is 0 Å². The average Bonchev–Trinajstić information content (AvgIpc) is 2.24. The number of phenolic OH excluding ortho intramolecular Hbond substituents is 2. The highest BCUT2D eigenvalue weighted by Crippen LogP contribution is 2.33. The second kappa shape index (κ2) is 4.77. The molecular weight excluding hydrogens is 226 g/mol. The molecule has 0 aromatic heterocycles. The minimum absolute atomic E-state index is 0. The lowest BCUT2D eigenvalue weighted by Gasteiger charge is -2.06. The van der Waals surface area contributed by atoms with Gasteiger partial charge >= 0.3 is 0 Å². The van der Waals surface area contributed by atoms with Crippen molar-refractivity contribution in [1.82, 2.24) is 0 Å². The quantitative estimate of drug-likeness (QED) is 0.528. The van der Waals surface area contributed by atoms with Gasteiger partial charge in [-0.3, -0.25) is 0 Å². The Bertz CT molecular complexity index is 483. The predicted octanol–water partition coefficient (Wildman–Crippen LogP) is 2.77. The smallest absolute Gasteiger partial charge is 0.146 e. The molecule has 4 N–H and O–H groups in total. The fourth-order valence-electron chi connectivity index (χ4n) is 1.44. The Morgan fingerprint density at radius 3 is 2.12 bits per heavy atom. The summed E-state index contributed by atoms with van der Waals surface area (Å²) < 4.78 is 0. The van der Waals surface area contributed by atoms with Crippen molar-refractivity contribution >= 4 is 18.1 Å². The summed E-state index contributed by atoms with van der Waals surface area (Å²) in [7, 11) is 0. The summed E-state index contributed by atoms with van der Waals surface area (Å²) in [6.07, 6.45) is 0. The largest absolute Gasteiger partial charge is 0.508 e. The van der Waals surface area contributed by atoms with Gasteiger partial charge in [0.1, 0.15) is 11.5 Å². The van der Waals surface area contributed by atoms with E-state index in [-0.39, 0.29) is 23.9 Å². The molecule has 0 spiro atoms. The van der Waals surface area contributed by atoms with Crippen LogP contribution in [0.25, 0.3) is 11.1 Å². The summed E-state index contributed by atoms with van der Waals surface area (Å²) in [4.78, 5) is 0. The Balaban J connectivity index is 0.00000128. The molecule has 0 saturated carbocycles. The van der Waals surface area contributed by atoms with Crippen molar-refractivity contribution < 1.29 is 10.2 Å². The maximum atomic E-state index is 9.73. The lowest BCUT2D eigenvalue weighted by atomic mass is 10.0. The summed E-state index contributed by atoms with van der Waals surface area (Å²) in [6.45, 7) is 0. The van der Waals surface area contributed by atoms with Crippen LogP contribution in [0, 0.1) is 0 Å². The number of rotatable bonds is 1. The van der Waals surface area contributed by atoms with E-state index in [0.717, 1.165) is 5.56 Å². The van der Waals surface area contributed by atoms with Gasteiger partial charge in [0, 0.05) is 5.56 Å². The van der Waals surface area contributed by atoms with Crippen LogP contribution in [-0.4, -0.2) is 10.2 Å². The molecule has 0 bridgehead atoms. The van der Waals surface area contributed by atoms with Crippen molar-refractivity contribution in [3.63, 3.8) is 0 Å². The Hall–Kier alpha value is -1.87. The van der Waals surface area contributed by atoms with Crippen LogP contribution < -0.4 is 5.73 Å². The fraction of sp³-hybridized carbons (Fsp3) is 0. The van der Waals surface area contributed by atoms with Gasteiger partial charge in [-0.05, 0) is 23.8 Å². The Kier molecular flexibility index (Phi) is 3.64. The van der Waals surface area contributed by atoms with Gasteiger partial charge in [0.05, 0.1) is 5.69 Å². The van der Waals surface area contributed by atoms with Crippen LogP contribution in [0.15, 0.2) is 42.5 Å². The molecule has 0 amide bonds. The molecule has 2 aromatic rings. The monoisotopic (exact) mass is 237 g/mol. The highest BCUT2D eigenvalue weighted by atomic mass is 35.5. The first kappa shape index (κ1) is 12.2. The molecule has 0 atom stereocenters. The number of hydrogen-bond acceptors (Lipinski definition) is 3. The molecule has 16 heavy (non-hydrogen) atoms. The zero-order valence-corrected chi connectivity index (χ0v) is 9.24. The number of para-hydroxylation sites is 1. The van der Waals surface area contributed by atoms with Crippen LogP contribution in [0.5, 0.6) is 11.5 Å². The number of nitrogen functional groups attached to an aromatic ring is 1. The minimum atomic E-state index is 0. The summed E-state index contributed by atoms with van der Waals surface area (Å²) >= 11 is 0. The Morgan fingerprint density at radius 2 is 1.50 bits per heavy atom. The normalized spacial score (nSPS) is 9.50. The SMILES string of the molecule is Cl.Nc1cccc(-c2ccc(O)cc2)c1O. The summed E-state index contributed by atoms with van der Waals surface area (Å²) in [5.41, 5.74) is 7.42. The topological polar surface area (TPSA) is 66.5 Å². The van der Waals surface area contributed by atoms with Crippen LogP contribution >= 0.6 is 12.4 Å². The third-order valence-electron chi connectivity index (χ3n) is 2.25. The molecular formula is C12H12ClNO2. The standard InChI is InChI=1S/C12H11NO2.ClH/c13-11-3-1-2-10(12(11)15)8-4-6-9(14)7-5-8;/h1-7,14-15H,13H2;1H. The first-order valence-electron chi connectivity index (χ1n) is 4.55. The maximum Gasteiger partial charge on any atom is 0.146 e. The van der Waals surface area contributed by atoms with E-state index in [0.29, 0.717) is 11.3 Å². The second-order valence-corrected chi connectivity index (χ2v) is 3.29. The molecule has 2 aromatic carbocycles. The number of aromatic hydroxyl groups is 2. The predicted molar refractivity (Wildman–Crippen MR) is 66.9 cm³/mol. The van der Waals surface area contributed by atoms with Crippen LogP contribution in [0.3, 0.4) is 0 Å². The van der Waals surface area contributed by atoms with Crippen molar-refractivity contribution in [3.8, 4) is 22.6 Å². The first-order valence-corrected chi connectivity index (χ1v) is 4.55. The second-order valence-electron chi connectivity index (χ2n) is 3.29. The van der Waals surface area contributed by atoms with E-state index >= 15 is 0 Å². The zero-order valence-electron chi connectivity index (χ0n) is 8.42. The van der Waals surface area contributed by atoms with E-state index in [9.17, 15) is 5.11 Å². The molecule has 0 radical (unpaired) electrons. The third kappa shape index (κ3) is 2.20. The minimum Gasteiger partial charge on any atom is -0.508 e. The van der Waals surface area contributed by atoms with Crippen molar-refractivity contribution in [1.29, 1.82) is 0 Å². The Morgan fingerprint density at radius 1 is 0.875 bits per heavy atom. The van der Waals surface area contributed by atoms with E-state index in [1.54, 1.807) is 42.5 Å². The lowest BCUT2D eigenvalue weighted by molar-refractivity contribution is 0.474. The molecule has 0 aliphatic heterocycles. The highest BCUT2D eigenvalue weighted by molar-refractivity contribution is 5.85. The van der Waals surface area contributed by atoms with E-state index in [4.69, 9.17) is 10.8 Å². The molecule has 0 heterocycles. The summed E-state index contributed by atoms with van der Waals surface area (Å²) in [5.74, 6) is 0.269. The van der Waals surface area contributed by atoms with Gasteiger partial charge in [0.2, 0.25) is 0 Å². The van der Waals surface area contributed by atoms with Crippen molar-refractivity contribution in [3.05, 3.63) is 42.5 Å². The van der Waals surface area contributed by atoms with Gasteiger partial charge in [-0.1, -0.05) is 24.3 Å². The molecule has 84 valence electrons. The van der Waals surface area contributed by atoms with E-state index in [2.05, 4.69) is 0 Å². The Labute approximate surface area is 99.6 Å². The summed E-state index contributed by atoms with van der Waals surface area (Å²) in [5, 5.41) is 18.9. The van der Waals surface area contributed by atoms with Gasteiger partial charge in [-0.2, -0.15) is 0 Å². The van der Waals surface area contributed by atoms with E-state index < -0.39 is 0 Å². The van der Waals surface area contributed by atoms with Crippen LogP contribution in [0.4, 0.5) is 5.69 Å². The molecule has 0 fully saturated rings. The molecule has 0 aliphatic rings. The van der Waals surface area contributed by atoms with Crippen molar-refractivity contribution in [2.24, 2.45) is 0 Å². The summed E-state index contributed by atoms with van der Waals surface area (Å²) in [6, 6.07) is 11.8. The molecule has 3 nitrogen and oxygen atoms in total. The van der Waals surface area contributed by atoms with Crippen molar-refractivity contribution in [2.75, 3.05) is 5.73 Å². The fourth-order valence-corrected chi connectivity index (χ4v) is 1.44. The average molecular weight is 238 g/mol. The van der Waals surface area contributed by atoms with Crippen LogP contribution in [-0.2, 0) is 0 Å². The zero-order chi connectivity index (χ0) is 10.8. The molecule has 0 aliphatic carbocycles. The highest BCUT2D eigenvalue weighted by Gasteiger charge is 2.06. The van der Waals surface area contributed by atoms with Crippen LogP contribution in [0.2, 0.25) is 0 Å². The first-order chi connectivity index (χ1) is 7.18. The van der Waals surface area contributed by atoms with E-state index in [1.165, 1.54) is 0 Å². The van der Waals surface area contributed by atoms with Gasteiger partial charge in [0.25, 0.3) is 0 Å². The van der Waals surface area contributed by atoms with Gasteiger partial charge in [-0.15, -0.1) is 12.4 Å². The molecule has 2 rings (SSSR count). The number of nitrogens with two attached hydrogens (primary N) is 1. The number of hydrogen-bond donors (Lipinski definition) is 3. The van der Waals surface area contributed by atoms with Crippen LogP contribution in [0.1, 0.15) is 0 Å². The van der Waals surface area contributed by atoms with Gasteiger partial charge in [0.15, 0.2) is 0 Å². The lowest BCUT2D eigenvalue weighted by Crippen LogP contribution is -1.87. The molecule has 0 saturated heterocycles. The van der Waals surface area contributed by atoms with Gasteiger partial charge in [-0.25, -0.2) is 0 Å². The third-order valence-corrected chi connectivity index (χ3v) is 2.25. The number of benzene rings is 2. The van der Waals surface area contributed by atoms with E-state index in [1.807, 2.05) is 0 Å². The van der Waals surface area contributed by atoms with Gasteiger partial charge < -0.3 is 15.9 Å². The molecule has 4 heteroatoms.